The first-order valence-electron chi connectivity index (χ1n) is 8.89. The van der Waals surface area contributed by atoms with Crippen molar-refractivity contribution < 1.29 is 9.59 Å². The number of benzene rings is 1. The number of thioether (sulfide) groups is 1. The van der Waals surface area contributed by atoms with Crippen LogP contribution in [0, 0.1) is 12.8 Å². The zero-order chi connectivity index (χ0) is 18.2. The van der Waals surface area contributed by atoms with E-state index in [0.29, 0.717) is 17.9 Å². The summed E-state index contributed by atoms with van der Waals surface area (Å²) in [6.07, 6.45) is 3.68. The van der Waals surface area contributed by atoms with E-state index in [4.69, 9.17) is 0 Å². The molecule has 3 unspecified atom stereocenters. The lowest BCUT2D eigenvalue weighted by Gasteiger charge is -2.31. The first kappa shape index (κ1) is 19.8. The molecule has 0 spiro atoms. The maximum atomic E-state index is 12.7. The molecule has 3 N–H and O–H groups in total. The van der Waals surface area contributed by atoms with Gasteiger partial charge in [0, 0.05) is 18.2 Å². The van der Waals surface area contributed by atoms with Gasteiger partial charge in [-0.25, -0.2) is 0 Å². The molecule has 0 aliphatic carbocycles. The van der Waals surface area contributed by atoms with Gasteiger partial charge < -0.3 is 16.0 Å². The molecule has 3 atom stereocenters. The first-order valence-corrected chi connectivity index (χ1v) is 10.3. The van der Waals surface area contributed by atoms with Crippen LogP contribution in [0.4, 0.5) is 0 Å². The maximum absolute atomic E-state index is 12.7. The van der Waals surface area contributed by atoms with Gasteiger partial charge in [0.15, 0.2) is 0 Å². The molecule has 2 amide bonds. The summed E-state index contributed by atoms with van der Waals surface area (Å²) in [5.41, 5.74) is 1.62. The first-order chi connectivity index (χ1) is 12.0. The fourth-order valence-electron chi connectivity index (χ4n) is 3.00. The number of hydrogen-bond acceptors (Lipinski definition) is 4. The Bertz CT molecular complexity index is 594. The molecule has 0 saturated carbocycles. The van der Waals surface area contributed by atoms with Crippen molar-refractivity contribution in [3.05, 3.63) is 35.4 Å². The van der Waals surface area contributed by atoms with Crippen LogP contribution in [0.3, 0.4) is 0 Å². The van der Waals surface area contributed by atoms with Gasteiger partial charge in [0.25, 0.3) is 5.91 Å². The second kappa shape index (κ2) is 9.82. The maximum Gasteiger partial charge on any atom is 0.251 e. The zero-order valence-corrected chi connectivity index (χ0v) is 16.1. The van der Waals surface area contributed by atoms with E-state index in [0.717, 1.165) is 30.8 Å². The number of aryl methyl sites for hydroxylation is 1. The molecule has 0 aromatic heterocycles. The molecule has 1 aliphatic rings. The largest absolute Gasteiger partial charge is 0.350 e. The van der Waals surface area contributed by atoms with Crippen molar-refractivity contribution in [2.24, 2.45) is 5.92 Å². The molecule has 25 heavy (non-hydrogen) atoms. The lowest BCUT2D eigenvalue weighted by Crippen LogP contribution is -2.55. The molecule has 0 bridgehead atoms. The van der Waals surface area contributed by atoms with Crippen LogP contribution < -0.4 is 16.0 Å². The SMILES string of the molecule is CSCCC(NC(=O)c1cccc(C)c1)C(=O)NC1CNCCC1C. The topological polar surface area (TPSA) is 70.2 Å². The van der Waals surface area contributed by atoms with Crippen LogP contribution in [0.2, 0.25) is 0 Å². The summed E-state index contributed by atoms with van der Waals surface area (Å²) in [5.74, 6) is 0.985. The molecule has 2 rings (SSSR count). The highest BCUT2D eigenvalue weighted by Gasteiger charge is 2.27. The monoisotopic (exact) mass is 363 g/mol. The Hall–Kier alpha value is -1.53. The highest BCUT2D eigenvalue weighted by atomic mass is 32.2. The molecular weight excluding hydrogens is 334 g/mol. The van der Waals surface area contributed by atoms with Gasteiger partial charge in [-0.05, 0) is 56.4 Å². The third kappa shape index (κ3) is 6.04. The average Bonchev–Trinajstić information content (AvgIpc) is 2.60. The van der Waals surface area contributed by atoms with E-state index in [1.54, 1.807) is 17.8 Å². The molecule has 1 heterocycles. The van der Waals surface area contributed by atoms with Crippen LogP contribution in [0.25, 0.3) is 0 Å². The fourth-order valence-corrected chi connectivity index (χ4v) is 3.47. The molecule has 6 heteroatoms. The third-order valence-corrected chi connectivity index (χ3v) is 5.31. The molecule has 1 aromatic rings. The number of nitrogens with one attached hydrogen (secondary N) is 3. The minimum Gasteiger partial charge on any atom is -0.350 e. The van der Waals surface area contributed by atoms with E-state index in [-0.39, 0.29) is 17.9 Å². The van der Waals surface area contributed by atoms with Crippen molar-refractivity contribution in [1.29, 1.82) is 0 Å². The van der Waals surface area contributed by atoms with Crippen LogP contribution in [0.5, 0.6) is 0 Å². The second-order valence-electron chi connectivity index (χ2n) is 6.76. The number of carbonyl (C=O) groups excluding carboxylic acids is 2. The van der Waals surface area contributed by atoms with Gasteiger partial charge >= 0.3 is 0 Å². The van der Waals surface area contributed by atoms with E-state index in [9.17, 15) is 9.59 Å². The normalized spacial score (nSPS) is 21.4. The lowest BCUT2D eigenvalue weighted by molar-refractivity contribution is -0.124. The molecule has 1 fully saturated rings. The van der Waals surface area contributed by atoms with Gasteiger partial charge in [0.05, 0.1) is 0 Å². The van der Waals surface area contributed by atoms with E-state index >= 15 is 0 Å². The van der Waals surface area contributed by atoms with Gasteiger partial charge in [-0.2, -0.15) is 11.8 Å². The predicted octanol–water partition coefficient (Wildman–Crippen LogP) is 1.96. The Morgan fingerprint density at radius 2 is 2.20 bits per heavy atom. The summed E-state index contributed by atoms with van der Waals surface area (Å²) in [4.78, 5) is 25.3. The summed E-state index contributed by atoms with van der Waals surface area (Å²) in [5, 5.41) is 9.35. The van der Waals surface area contributed by atoms with Gasteiger partial charge in [-0.15, -0.1) is 0 Å². The number of rotatable bonds is 7. The smallest absolute Gasteiger partial charge is 0.251 e. The van der Waals surface area contributed by atoms with E-state index in [1.165, 1.54) is 0 Å². The highest BCUT2D eigenvalue weighted by molar-refractivity contribution is 7.98. The third-order valence-electron chi connectivity index (χ3n) is 4.67. The zero-order valence-electron chi connectivity index (χ0n) is 15.3. The van der Waals surface area contributed by atoms with Crippen molar-refractivity contribution in [3.63, 3.8) is 0 Å². The quantitative estimate of drug-likeness (QED) is 0.693. The van der Waals surface area contributed by atoms with Crippen LogP contribution in [0.15, 0.2) is 24.3 Å². The molecule has 138 valence electrons. The Balaban J connectivity index is 2.01. The standard InChI is InChI=1S/C19H29N3O2S/c1-13-5-4-6-15(11-13)18(23)21-16(8-10-25-3)19(24)22-17-12-20-9-7-14(17)2/h4-6,11,14,16-17,20H,7-10,12H2,1-3H3,(H,21,23)(H,22,24). The van der Waals surface area contributed by atoms with Crippen molar-refractivity contribution in [3.8, 4) is 0 Å². The Morgan fingerprint density at radius 1 is 1.40 bits per heavy atom. The number of amides is 2. The fraction of sp³-hybridized carbons (Fsp3) is 0.579. The molecule has 1 aliphatic heterocycles. The second-order valence-corrected chi connectivity index (χ2v) is 7.75. The van der Waals surface area contributed by atoms with Crippen molar-refractivity contribution in [2.45, 2.75) is 38.8 Å². The Kier molecular flexibility index (Phi) is 7.78. The van der Waals surface area contributed by atoms with E-state index < -0.39 is 6.04 Å². The molecular formula is C19H29N3O2S. The van der Waals surface area contributed by atoms with Crippen molar-refractivity contribution in [2.75, 3.05) is 25.1 Å². The predicted molar refractivity (Wildman–Crippen MR) is 104 cm³/mol. The number of carbonyl (C=O) groups is 2. The van der Waals surface area contributed by atoms with Gasteiger partial charge in [-0.3, -0.25) is 9.59 Å². The Morgan fingerprint density at radius 3 is 2.88 bits per heavy atom. The van der Waals surface area contributed by atoms with Gasteiger partial charge in [-0.1, -0.05) is 24.6 Å². The van der Waals surface area contributed by atoms with Gasteiger partial charge in [0.2, 0.25) is 5.91 Å². The van der Waals surface area contributed by atoms with Gasteiger partial charge in [0.1, 0.15) is 6.04 Å². The summed E-state index contributed by atoms with van der Waals surface area (Å²) in [6.45, 7) is 5.89. The molecule has 1 aromatic carbocycles. The summed E-state index contributed by atoms with van der Waals surface area (Å²) in [6, 6.07) is 7.04. The van der Waals surface area contributed by atoms with Crippen molar-refractivity contribution >= 4 is 23.6 Å². The van der Waals surface area contributed by atoms with Crippen LogP contribution in [0.1, 0.15) is 35.7 Å². The Labute approximate surface area is 154 Å². The minimum atomic E-state index is -0.505. The molecule has 0 radical (unpaired) electrons. The molecule has 5 nitrogen and oxygen atoms in total. The van der Waals surface area contributed by atoms with Crippen LogP contribution in [-0.4, -0.2) is 49.0 Å². The van der Waals surface area contributed by atoms with Crippen LogP contribution in [-0.2, 0) is 4.79 Å². The lowest BCUT2D eigenvalue weighted by atomic mass is 9.94. The minimum absolute atomic E-state index is 0.0874. The summed E-state index contributed by atoms with van der Waals surface area (Å²) in [7, 11) is 0. The summed E-state index contributed by atoms with van der Waals surface area (Å²) < 4.78 is 0. The van der Waals surface area contributed by atoms with Crippen LogP contribution >= 0.6 is 11.8 Å². The van der Waals surface area contributed by atoms with Crippen molar-refractivity contribution in [1.82, 2.24) is 16.0 Å². The number of hydrogen-bond donors (Lipinski definition) is 3. The van der Waals surface area contributed by atoms with E-state index in [2.05, 4.69) is 22.9 Å². The average molecular weight is 364 g/mol. The number of piperidine rings is 1. The molecule has 1 saturated heterocycles. The van der Waals surface area contributed by atoms with E-state index in [1.807, 2.05) is 31.4 Å². The summed E-state index contributed by atoms with van der Waals surface area (Å²) >= 11 is 1.68. The highest BCUT2D eigenvalue weighted by Crippen LogP contribution is 2.12.